The number of aromatic nitrogens is 4. The van der Waals surface area contributed by atoms with Gasteiger partial charge in [-0.2, -0.15) is 9.97 Å². The van der Waals surface area contributed by atoms with Gasteiger partial charge in [-0.15, -0.1) is 0 Å². The Morgan fingerprint density at radius 1 is 0.407 bits per heavy atom. The molecule has 0 bridgehead atoms. The van der Waals surface area contributed by atoms with Crippen molar-refractivity contribution in [1.29, 1.82) is 0 Å². The molecule has 54 heavy (non-hydrogen) atoms. The van der Waals surface area contributed by atoms with Crippen molar-refractivity contribution in [2.45, 2.75) is 19.3 Å². The third-order valence-electron chi connectivity index (χ3n) is 11.4. The van der Waals surface area contributed by atoms with E-state index in [0.717, 1.165) is 43.9 Å². The van der Waals surface area contributed by atoms with E-state index < -0.39 is 0 Å². The summed E-state index contributed by atoms with van der Waals surface area (Å²) < 4.78 is 2.30. The fourth-order valence-corrected chi connectivity index (χ4v) is 8.83. The van der Waals surface area contributed by atoms with Crippen LogP contribution in [0.15, 0.2) is 170 Å². The van der Waals surface area contributed by atoms with E-state index in [9.17, 15) is 0 Å². The first-order valence-corrected chi connectivity index (χ1v) is 18.5. The fourth-order valence-electron chi connectivity index (χ4n) is 8.83. The highest BCUT2D eigenvalue weighted by atomic mass is 15.2. The summed E-state index contributed by atoms with van der Waals surface area (Å²) in [5.41, 5.74) is 11.6. The van der Waals surface area contributed by atoms with Gasteiger partial charge >= 0.3 is 0 Å². The largest absolute Gasteiger partial charge is 0.277 e. The summed E-state index contributed by atoms with van der Waals surface area (Å²) in [4.78, 5) is 15.6. The molecule has 2 heterocycles. The summed E-state index contributed by atoms with van der Waals surface area (Å²) >= 11 is 0. The van der Waals surface area contributed by atoms with Crippen LogP contribution in [0.25, 0.3) is 94.3 Å². The third-order valence-corrected chi connectivity index (χ3v) is 11.4. The summed E-state index contributed by atoms with van der Waals surface area (Å²) in [6.45, 7) is 4.72. The molecule has 0 saturated heterocycles. The van der Waals surface area contributed by atoms with E-state index >= 15 is 0 Å². The second-order valence-corrected chi connectivity index (χ2v) is 14.8. The second-order valence-electron chi connectivity index (χ2n) is 14.8. The van der Waals surface area contributed by atoms with Crippen LogP contribution in [0.2, 0.25) is 0 Å². The van der Waals surface area contributed by atoms with Gasteiger partial charge in [0.1, 0.15) is 0 Å². The molecule has 8 aromatic carbocycles. The molecule has 0 amide bonds. The average Bonchev–Trinajstić information content (AvgIpc) is 3.70. The Kier molecular flexibility index (Phi) is 6.56. The van der Waals surface area contributed by atoms with Crippen LogP contribution in [-0.4, -0.2) is 19.5 Å². The first-order valence-electron chi connectivity index (χ1n) is 18.5. The summed E-state index contributed by atoms with van der Waals surface area (Å²) in [5.74, 6) is 1.86. The van der Waals surface area contributed by atoms with Crippen molar-refractivity contribution in [2.75, 3.05) is 0 Å². The molecule has 0 unspecified atom stereocenters. The molecule has 0 fully saturated rings. The number of nitrogens with zero attached hydrogens (tertiary/aromatic N) is 4. The molecule has 4 nitrogen and oxygen atoms in total. The Morgan fingerprint density at radius 2 is 1.00 bits per heavy atom. The van der Waals surface area contributed by atoms with Gasteiger partial charge < -0.3 is 0 Å². The molecular formula is C50H34N4. The lowest BCUT2D eigenvalue weighted by Gasteiger charge is -2.22. The van der Waals surface area contributed by atoms with Gasteiger partial charge in [-0.1, -0.05) is 178 Å². The van der Waals surface area contributed by atoms with E-state index in [2.05, 4.69) is 152 Å². The summed E-state index contributed by atoms with van der Waals surface area (Å²) in [5, 5.41) is 7.21. The van der Waals surface area contributed by atoms with Crippen molar-refractivity contribution in [3.8, 4) is 51.0 Å². The first-order chi connectivity index (χ1) is 26.5. The Morgan fingerprint density at radius 3 is 1.72 bits per heavy atom. The minimum absolute atomic E-state index is 0.162. The van der Waals surface area contributed by atoms with Gasteiger partial charge in [0.2, 0.25) is 5.95 Å². The first kappa shape index (κ1) is 30.7. The number of rotatable bonds is 4. The van der Waals surface area contributed by atoms with Crippen molar-refractivity contribution in [1.82, 2.24) is 19.5 Å². The van der Waals surface area contributed by atoms with Gasteiger partial charge in [0.25, 0.3) is 0 Å². The molecule has 254 valence electrons. The highest BCUT2D eigenvalue weighted by Gasteiger charge is 2.37. The number of hydrogen-bond acceptors (Lipinski definition) is 3. The quantitative estimate of drug-likeness (QED) is 0.185. The topological polar surface area (TPSA) is 43.6 Å². The molecule has 11 rings (SSSR count). The number of hydrogen-bond donors (Lipinski definition) is 0. The predicted molar refractivity (Wildman–Crippen MR) is 223 cm³/mol. The van der Waals surface area contributed by atoms with Crippen LogP contribution in [-0.2, 0) is 5.41 Å². The smallest absolute Gasteiger partial charge is 0.238 e. The highest BCUT2D eigenvalue weighted by molar-refractivity contribution is 6.21. The second kappa shape index (κ2) is 11.5. The van der Waals surface area contributed by atoms with Crippen LogP contribution < -0.4 is 0 Å². The van der Waals surface area contributed by atoms with Crippen molar-refractivity contribution in [2.24, 2.45) is 0 Å². The lowest BCUT2D eigenvalue weighted by atomic mass is 9.81. The number of benzene rings is 8. The van der Waals surface area contributed by atoms with Crippen LogP contribution in [0.5, 0.6) is 0 Å². The van der Waals surface area contributed by atoms with Crippen LogP contribution in [0.3, 0.4) is 0 Å². The number of para-hydroxylation sites is 1. The van der Waals surface area contributed by atoms with Crippen LogP contribution >= 0.6 is 0 Å². The summed E-state index contributed by atoms with van der Waals surface area (Å²) in [6, 6.07) is 60.6. The maximum Gasteiger partial charge on any atom is 0.238 e. The molecule has 2 aromatic heterocycles. The number of fused-ring (bicyclic) bond motifs is 10. The minimum Gasteiger partial charge on any atom is -0.277 e. The average molecular weight is 691 g/mol. The molecule has 1 aliphatic carbocycles. The van der Waals surface area contributed by atoms with E-state index in [0.29, 0.717) is 17.6 Å². The van der Waals surface area contributed by atoms with Crippen molar-refractivity contribution < 1.29 is 0 Å². The fraction of sp³-hybridized carbons (Fsp3) is 0.0600. The molecule has 1 aliphatic rings. The zero-order chi connectivity index (χ0) is 36.0. The van der Waals surface area contributed by atoms with E-state index in [-0.39, 0.29) is 5.41 Å². The van der Waals surface area contributed by atoms with E-state index in [1.165, 1.54) is 44.0 Å². The summed E-state index contributed by atoms with van der Waals surface area (Å²) in [6.07, 6.45) is 0. The van der Waals surface area contributed by atoms with Gasteiger partial charge in [-0.25, -0.2) is 4.98 Å². The van der Waals surface area contributed by atoms with Crippen LogP contribution in [0, 0.1) is 0 Å². The van der Waals surface area contributed by atoms with Crippen molar-refractivity contribution >= 4 is 43.4 Å². The van der Waals surface area contributed by atoms with Gasteiger partial charge in [0.15, 0.2) is 11.6 Å². The zero-order valence-electron chi connectivity index (χ0n) is 30.0. The monoisotopic (exact) mass is 690 g/mol. The van der Waals surface area contributed by atoms with E-state index in [1.54, 1.807) is 0 Å². The van der Waals surface area contributed by atoms with Crippen molar-refractivity contribution in [3.63, 3.8) is 0 Å². The minimum atomic E-state index is -0.162. The van der Waals surface area contributed by atoms with Crippen molar-refractivity contribution in [3.05, 3.63) is 181 Å². The molecule has 0 N–H and O–H groups in total. The normalized spacial score (nSPS) is 13.1. The molecule has 0 spiro atoms. The molecule has 10 aromatic rings. The van der Waals surface area contributed by atoms with Gasteiger partial charge in [0.05, 0.1) is 11.0 Å². The van der Waals surface area contributed by atoms with Gasteiger partial charge in [-0.3, -0.25) is 4.57 Å². The molecular weight excluding hydrogens is 657 g/mol. The Balaban J connectivity index is 1.23. The lowest BCUT2D eigenvalue weighted by molar-refractivity contribution is 0.661. The molecule has 4 heteroatoms. The predicted octanol–water partition coefficient (Wildman–Crippen LogP) is 12.6. The Labute approximate surface area is 313 Å². The zero-order valence-corrected chi connectivity index (χ0v) is 30.0. The molecule has 0 radical (unpaired) electrons. The van der Waals surface area contributed by atoms with Gasteiger partial charge in [0, 0.05) is 38.3 Å². The maximum atomic E-state index is 5.29. The standard InChI is InChI=1S/C50H34N4/c1-50(2)42-29-26-31-14-9-11-20-36(31)44(42)41-28-25-35(30-43(41)50)38-22-13-23-39-40-27-24-32-15-10-12-21-37(32)45(40)54(46(38)39)49-52-47(33-16-5-3-6-17-33)51-48(53-49)34-18-7-4-8-19-34/h3-30H,1-2H3. The lowest BCUT2D eigenvalue weighted by Crippen LogP contribution is -2.15. The molecule has 0 atom stereocenters. The Bertz CT molecular complexity index is 3060. The highest BCUT2D eigenvalue weighted by Crippen LogP contribution is 2.52. The van der Waals surface area contributed by atoms with E-state index in [4.69, 9.17) is 15.0 Å². The SMILES string of the molecule is CC1(C)c2cc(-c3cccc4c5ccc6ccccc6c5n(-c5nc(-c6ccccc6)nc(-c6ccccc6)n5)c34)ccc2-c2c1ccc1ccccc21. The molecule has 0 saturated carbocycles. The maximum absolute atomic E-state index is 5.29. The summed E-state index contributed by atoms with van der Waals surface area (Å²) in [7, 11) is 0. The van der Waals surface area contributed by atoms with Crippen LogP contribution in [0.4, 0.5) is 0 Å². The van der Waals surface area contributed by atoms with Crippen LogP contribution in [0.1, 0.15) is 25.0 Å². The van der Waals surface area contributed by atoms with Gasteiger partial charge in [-0.05, 0) is 50.0 Å². The Hall–Kier alpha value is -6.91. The molecule has 0 aliphatic heterocycles. The van der Waals surface area contributed by atoms with E-state index in [1.807, 2.05) is 36.4 Å². The third kappa shape index (κ3) is 4.47.